The molecule has 0 heterocycles. The van der Waals surface area contributed by atoms with Crippen LogP contribution in [0.4, 0.5) is 0 Å². The van der Waals surface area contributed by atoms with Crippen LogP contribution in [0.2, 0.25) is 0 Å². The molecule has 22 heavy (non-hydrogen) atoms. The third-order valence-corrected chi connectivity index (χ3v) is 4.27. The molecule has 0 aromatic heterocycles. The van der Waals surface area contributed by atoms with Crippen molar-refractivity contribution in [1.29, 1.82) is 0 Å². The average Bonchev–Trinajstić information content (AvgIpc) is 2.49. The van der Waals surface area contributed by atoms with Gasteiger partial charge in [0.25, 0.3) is 0 Å². The van der Waals surface area contributed by atoms with E-state index in [-0.39, 0.29) is 23.8 Å². The minimum Gasteiger partial charge on any atom is -0.465 e. The van der Waals surface area contributed by atoms with E-state index in [0.29, 0.717) is 13.2 Å². The van der Waals surface area contributed by atoms with Gasteiger partial charge in [-0.3, -0.25) is 9.59 Å². The molecule has 0 bridgehead atoms. The van der Waals surface area contributed by atoms with E-state index < -0.39 is 11.8 Å². The Morgan fingerprint density at radius 3 is 1.50 bits per heavy atom. The van der Waals surface area contributed by atoms with Crippen molar-refractivity contribution in [2.24, 2.45) is 23.7 Å². The molecule has 0 spiro atoms. The minimum atomic E-state index is -0.439. The number of allylic oxidation sites excluding steroid dienone is 2. The first-order valence-electron chi connectivity index (χ1n) is 8.54. The lowest BCUT2D eigenvalue weighted by molar-refractivity contribution is -0.164. The quantitative estimate of drug-likeness (QED) is 0.389. The molecule has 4 atom stereocenters. The van der Waals surface area contributed by atoms with E-state index in [2.05, 4.69) is 13.8 Å². The molecule has 0 aliphatic heterocycles. The van der Waals surface area contributed by atoms with Gasteiger partial charge in [0.2, 0.25) is 0 Å². The Morgan fingerprint density at radius 1 is 0.818 bits per heavy atom. The van der Waals surface area contributed by atoms with Gasteiger partial charge in [0, 0.05) is 0 Å². The summed E-state index contributed by atoms with van der Waals surface area (Å²) in [6, 6.07) is 0. The standard InChI is InChI=1S/C18H30O4/c1-5-7-11-21-17(19)15-13(3)9-10-14(4)16(15)18(20)22-12-8-6-2/h9-10,13-16H,5-8,11-12H2,1-4H3. The lowest BCUT2D eigenvalue weighted by Gasteiger charge is -2.33. The molecule has 1 rings (SSSR count). The predicted octanol–water partition coefficient (Wildman–Crippen LogP) is 3.75. The lowest BCUT2D eigenvalue weighted by atomic mass is 9.71. The maximum atomic E-state index is 12.4. The van der Waals surface area contributed by atoms with Crippen LogP contribution in [-0.4, -0.2) is 25.2 Å². The van der Waals surface area contributed by atoms with Crippen molar-refractivity contribution in [2.75, 3.05) is 13.2 Å². The van der Waals surface area contributed by atoms with E-state index in [4.69, 9.17) is 9.47 Å². The van der Waals surface area contributed by atoms with E-state index in [0.717, 1.165) is 25.7 Å². The SMILES string of the molecule is CCCCOC(=O)C1C(C)C=CC(C)C1C(=O)OCCCC. The number of unbranched alkanes of at least 4 members (excludes halogenated alkanes) is 2. The van der Waals surface area contributed by atoms with Gasteiger partial charge in [-0.05, 0) is 24.7 Å². The van der Waals surface area contributed by atoms with Gasteiger partial charge in [-0.25, -0.2) is 0 Å². The largest absolute Gasteiger partial charge is 0.465 e. The van der Waals surface area contributed by atoms with Crippen LogP contribution in [0, 0.1) is 23.7 Å². The zero-order valence-electron chi connectivity index (χ0n) is 14.3. The third kappa shape index (κ3) is 5.15. The van der Waals surface area contributed by atoms with Crippen LogP contribution < -0.4 is 0 Å². The Morgan fingerprint density at radius 2 is 1.18 bits per heavy atom. The van der Waals surface area contributed by atoms with Gasteiger partial charge >= 0.3 is 11.9 Å². The van der Waals surface area contributed by atoms with Crippen LogP contribution in [0.1, 0.15) is 53.4 Å². The number of carbonyl (C=O) groups excluding carboxylic acids is 2. The highest BCUT2D eigenvalue weighted by Crippen LogP contribution is 2.36. The van der Waals surface area contributed by atoms with Crippen molar-refractivity contribution in [3.05, 3.63) is 12.2 Å². The van der Waals surface area contributed by atoms with Gasteiger partial charge in [-0.1, -0.05) is 52.7 Å². The van der Waals surface area contributed by atoms with Crippen LogP contribution in [0.5, 0.6) is 0 Å². The summed E-state index contributed by atoms with van der Waals surface area (Å²) in [6.45, 7) is 8.87. The highest BCUT2D eigenvalue weighted by atomic mass is 16.5. The first-order chi connectivity index (χ1) is 10.5. The molecule has 126 valence electrons. The molecule has 0 aromatic carbocycles. The maximum absolute atomic E-state index is 12.4. The number of ether oxygens (including phenoxy) is 2. The summed E-state index contributed by atoms with van der Waals surface area (Å²) < 4.78 is 10.7. The topological polar surface area (TPSA) is 52.6 Å². The summed E-state index contributed by atoms with van der Waals surface area (Å²) >= 11 is 0. The zero-order valence-corrected chi connectivity index (χ0v) is 14.3. The van der Waals surface area contributed by atoms with Crippen molar-refractivity contribution >= 4 is 11.9 Å². The molecule has 1 aliphatic carbocycles. The lowest BCUT2D eigenvalue weighted by Crippen LogP contribution is -2.41. The van der Waals surface area contributed by atoms with Crippen LogP contribution in [-0.2, 0) is 19.1 Å². The molecule has 0 fully saturated rings. The second-order valence-electron chi connectivity index (χ2n) is 6.20. The molecule has 1 aliphatic rings. The Hall–Kier alpha value is -1.32. The average molecular weight is 310 g/mol. The fourth-order valence-corrected chi connectivity index (χ4v) is 2.79. The van der Waals surface area contributed by atoms with E-state index in [1.807, 2.05) is 26.0 Å². The first-order valence-corrected chi connectivity index (χ1v) is 8.54. The van der Waals surface area contributed by atoms with Crippen molar-refractivity contribution in [3.8, 4) is 0 Å². The summed E-state index contributed by atoms with van der Waals surface area (Å²) in [5.41, 5.74) is 0. The number of hydrogen-bond acceptors (Lipinski definition) is 4. The highest BCUT2D eigenvalue weighted by molar-refractivity contribution is 5.83. The van der Waals surface area contributed by atoms with E-state index in [9.17, 15) is 9.59 Å². The van der Waals surface area contributed by atoms with Gasteiger partial charge in [-0.15, -0.1) is 0 Å². The van der Waals surface area contributed by atoms with Gasteiger partial charge < -0.3 is 9.47 Å². The fourth-order valence-electron chi connectivity index (χ4n) is 2.79. The second-order valence-corrected chi connectivity index (χ2v) is 6.20. The number of carbonyl (C=O) groups is 2. The molecule has 0 aromatic rings. The summed E-state index contributed by atoms with van der Waals surface area (Å²) in [5, 5.41) is 0. The normalized spacial score (nSPS) is 27.5. The molecule has 0 saturated heterocycles. The number of esters is 2. The summed E-state index contributed by atoms with van der Waals surface area (Å²) in [5.74, 6) is -1.43. The van der Waals surface area contributed by atoms with Crippen LogP contribution in [0.3, 0.4) is 0 Å². The third-order valence-electron chi connectivity index (χ3n) is 4.27. The molecule has 4 nitrogen and oxygen atoms in total. The zero-order chi connectivity index (χ0) is 16.5. The maximum Gasteiger partial charge on any atom is 0.310 e. The second kappa shape index (κ2) is 9.65. The predicted molar refractivity (Wildman–Crippen MR) is 86.2 cm³/mol. The first kappa shape index (κ1) is 18.7. The van der Waals surface area contributed by atoms with Crippen molar-refractivity contribution in [2.45, 2.75) is 53.4 Å². The van der Waals surface area contributed by atoms with Gasteiger partial charge in [-0.2, -0.15) is 0 Å². The summed E-state index contributed by atoms with van der Waals surface area (Å²) in [4.78, 5) is 24.8. The summed E-state index contributed by atoms with van der Waals surface area (Å²) in [6.07, 6.45) is 7.67. The van der Waals surface area contributed by atoms with Gasteiger partial charge in [0.1, 0.15) is 0 Å². The highest BCUT2D eigenvalue weighted by Gasteiger charge is 2.43. The van der Waals surface area contributed by atoms with E-state index in [1.165, 1.54) is 0 Å². The molecule has 4 unspecified atom stereocenters. The van der Waals surface area contributed by atoms with E-state index in [1.54, 1.807) is 0 Å². The number of hydrogen-bond donors (Lipinski definition) is 0. The van der Waals surface area contributed by atoms with Crippen LogP contribution in [0.15, 0.2) is 12.2 Å². The molecule has 4 heteroatoms. The molecule has 0 saturated carbocycles. The molecule has 0 amide bonds. The Balaban J connectivity index is 2.76. The molecular weight excluding hydrogens is 280 g/mol. The van der Waals surface area contributed by atoms with Crippen molar-refractivity contribution in [1.82, 2.24) is 0 Å². The summed E-state index contributed by atoms with van der Waals surface area (Å²) in [7, 11) is 0. The van der Waals surface area contributed by atoms with E-state index >= 15 is 0 Å². The number of rotatable bonds is 8. The van der Waals surface area contributed by atoms with Crippen LogP contribution in [0.25, 0.3) is 0 Å². The smallest absolute Gasteiger partial charge is 0.310 e. The Kier molecular flexibility index (Phi) is 8.21. The molecule has 0 radical (unpaired) electrons. The Bertz CT molecular complexity index is 353. The molecule has 0 N–H and O–H groups in total. The van der Waals surface area contributed by atoms with Crippen molar-refractivity contribution in [3.63, 3.8) is 0 Å². The fraction of sp³-hybridized carbons (Fsp3) is 0.778. The van der Waals surface area contributed by atoms with Crippen LogP contribution >= 0.6 is 0 Å². The van der Waals surface area contributed by atoms with Gasteiger partial charge in [0.15, 0.2) is 0 Å². The molecular formula is C18H30O4. The monoisotopic (exact) mass is 310 g/mol. The minimum absolute atomic E-state index is 0.00551. The van der Waals surface area contributed by atoms with Crippen molar-refractivity contribution < 1.29 is 19.1 Å². The van der Waals surface area contributed by atoms with Gasteiger partial charge in [0.05, 0.1) is 25.0 Å². The Labute approximate surface area is 134 Å².